The first kappa shape index (κ1) is 14.0. The van der Waals surface area contributed by atoms with Gasteiger partial charge in [-0.15, -0.1) is 0 Å². The van der Waals surface area contributed by atoms with Crippen LogP contribution in [0.3, 0.4) is 0 Å². The molecule has 0 aromatic rings. The fourth-order valence-electron chi connectivity index (χ4n) is 2.92. The molecule has 1 fully saturated rings. The molecule has 0 aromatic heterocycles. The molecule has 3 nitrogen and oxygen atoms in total. The first-order valence-electron chi connectivity index (χ1n) is 7.40. The van der Waals surface area contributed by atoms with Crippen molar-refractivity contribution in [1.29, 1.82) is 0 Å². The van der Waals surface area contributed by atoms with E-state index in [4.69, 9.17) is 4.74 Å². The van der Waals surface area contributed by atoms with Crippen molar-refractivity contribution in [3.8, 4) is 0 Å². The summed E-state index contributed by atoms with van der Waals surface area (Å²) >= 11 is 0. The zero-order valence-electron chi connectivity index (χ0n) is 12.2. The summed E-state index contributed by atoms with van der Waals surface area (Å²) in [5, 5.41) is 0. The molecule has 0 saturated carbocycles. The van der Waals surface area contributed by atoms with Gasteiger partial charge in [0.25, 0.3) is 0 Å². The molecule has 3 heteroatoms. The van der Waals surface area contributed by atoms with Crippen LogP contribution in [0.4, 0.5) is 0 Å². The Balaban J connectivity index is 1.77. The van der Waals surface area contributed by atoms with Crippen LogP contribution in [0.2, 0.25) is 0 Å². The average molecular weight is 252 g/mol. The van der Waals surface area contributed by atoms with Crippen LogP contribution in [0.25, 0.3) is 0 Å². The summed E-state index contributed by atoms with van der Waals surface area (Å²) < 4.78 is 5.42. The third-order valence-corrected chi connectivity index (χ3v) is 4.26. The summed E-state index contributed by atoms with van der Waals surface area (Å²) in [5.74, 6) is 0.726. The van der Waals surface area contributed by atoms with Crippen LogP contribution in [0, 0.1) is 5.92 Å². The molecule has 0 spiro atoms. The second-order valence-electron chi connectivity index (χ2n) is 5.94. The van der Waals surface area contributed by atoms with Gasteiger partial charge in [-0.2, -0.15) is 0 Å². The minimum atomic E-state index is 0.655. The molecule has 2 heterocycles. The largest absolute Gasteiger partial charge is 0.379 e. The van der Waals surface area contributed by atoms with Gasteiger partial charge in [-0.25, -0.2) is 0 Å². The summed E-state index contributed by atoms with van der Waals surface area (Å²) in [7, 11) is 0. The summed E-state index contributed by atoms with van der Waals surface area (Å²) in [4.78, 5) is 5.15. The van der Waals surface area contributed by atoms with E-state index in [9.17, 15) is 0 Å². The number of morpholine rings is 1. The van der Waals surface area contributed by atoms with Crippen molar-refractivity contribution < 1.29 is 4.74 Å². The maximum atomic E-state index is 5.42. The Morgan fingerprint density at radius 1 is 1.17 bits per heavy atom. The number of hydrogen-bond acceptors (Lipinski definition) is 3. The molecule has 18 heavy (non-hydrogen) atoms. The van der Waals surface area contributed by atoms with Gasteiger partial charge in [0.15, 0.2) is 0 Å². The number of hydrogen-bond donors (Lipinski definition) is 0. The zero-order valence-corrected chi connectivity index (χ0v) is 12.2. The summed E-state index contributed by atoms with van der Waals surface area (Å²) in [6.07, 6.45) is 3.70. The first-order chi connectivity index (χ1) is 8.66. The van der Waals surface area contributed by atoms with Gasteiger partial charge in [0.05, 0.1) is 13.2 Å². The van der Waals surface area contributed by atoms with E-state index in [0.717, 1.165) is 38.8 Å². The summed E-state index contributed by atoms with van der Waals surface area (Å²) in [5.41, 5.74) is 1.64. The predicted molar refractivity (Wildman–Crippen MR) is 75.8 cm³/mol. The molecule has 0 amide bonds. The molecular weight excluding hydrogens is 224 g/mol. The highest BCUT2D eigenvalue weighted by Gasteiger charge is 2.21. The lowest BCUT2D eigenvalue weighted by Gasteiger charge is -2.36. The van der Waals surface area contributed by atoms with Crippen LogP contribution >= 0.6 is 0 Å². The van der Waals surface area contributed by atoms with Crippen LogP contribution in [0.15, 0.2) is 11.6 Å². The lowest BCUT2D eigenvalue weighted by molar-refractivity contribution is 0.0130. The third kappa shape index (κ3) is 3.81. The molecule has 0 bridgehead atoms. The Hall–Kier alpha value is -0.380. The van der Waals surface area contributed by atoms with E-state index >= 15 is 0 Å². The van der Waals surface area contributed by atoms with Crippen molar-refractivity contribution in [2.75, 3.05) is 45.9 Å². The van der Waals surface area contributed by atoms with Gasteiger partial charge in [-0.05, 0) is 19.3 Å². The second kappa shape index (κ2) is 6.69. The molecule has 1 saturated heterocycles. The van der Waals surface area contributed by atoms with E-state index in [0.29, 0.717) is 6.04 Å². The Morgan fingerprint density at radius 3 is 2.44 bits per heavy atom. The molecule has 0 aromatic carbocycles. The monoisotopic (exact) mass is 252 g/mol. The average Bonchev–Trinajstić information content (AvgIpc) is 2.40. The van der Waals surface area contributed by atoms with Crippen LogP contribution in [-0.4, -0.2) is 61.8 Å². The van der Waals surface area contributed by atoms with Crippen molar-refractivity contribution in [3.63, 3.8) is 0 Å². The minimum Gasteiger partial charge on any atom is -0.379 e. The normalized spacial score (nSPS) is 25.2. The number of rotatable bonds is 4. The highest BCUT2D eigenvalue weighted by molar-refractivity contribution is 5.09. The molecule has 2 rings (SSSR count). The van der Waals surface area contributed by atoms with Gasteiger partial charge in [-0.1, -0.05) is 25.5 Å². The Kier molecular flexibility index (Phi) is 5.22. The van der Waals surface area contributed by atoms with E-state index in [1.807, 2.05) is 0 Å². The standard InChI is InChI=1S/C15H28N2O/c1-13(2)15-4-6-16(7-5-15)12-14(3)17-8-10-18-11-9-17/h4,13-14H,5-12H2,1-3H3/t14-/m0/s1. The lowest BCUT2D eigenvalue weighted by Crippen LogP contribution is -2.48. The van der Waals surface area contributed by atoms with Crippen molar-refractivity contribution in [1.82, 2.24) is 9.80 Å². The van der Waals surface area contributed by atoms with Crippen LogP contribution in [0.1, 0.15) is 27.2 Å². The Bertz CT molecular complexity index is 282. The fourth-order valence-corrected chi connectivity index (χ4v) is 2.92. The van der Waals surface area contributed by atoms with E-state index in [1.54, 1.807) is 5.57 Å². The first-order valence-corrected chi connectivity index (χ1v) is 7.40. The molecule has 104 valence electrons. The Morgan fingerprint density at radius 2 is 1.89 bits per heavy atom. The number of ether oxygens (including phenoxy) is 1. The summed E-state index contributed by atoms with van der Waals surface area (Å²) in [6.45, 7) is 14.5. The SMILES string of the molecule is CC(C)C1=CCN(C[C@H](C)N2CCOCC2)CC1. The van der Waals surface area contributed by atoms with Gasteiger partial charge in [-0.3, -0.25) is 9.80 Å². The molecule has 2 aliphatic rings. The molecular formula is C15H28N2O. The minimum absolute atomic E-state index is 0.655. The van der Waals surface area contributed by atoms with Crippen molar-refractivity contribution >= 4 is 0 Å². The van der Waals surface area contributed by atoms with E-state index in [2.05, 4.69) is 36.6 Å². The van der Waals surface area contributed by atoms with Gasteiger partial charge >= 0.3 is 0 Å². The van der Waals surface area contributed by atoms with Gasteiger partial charge < -0.3 is 4.74 Å². The lowest BCUT2D eigenvalue weighted by atomic mass is 9.97. The topological polar surface area (TPSA) is 15.7 Å². The quantitative estimate of drug-likeness (QED) is 0.712. The van der Waals surface area contributed by atoms with Crippen LogP contribution in [0.5, 0.6) is 0 Å². The van der Waals surface area contributed by atoms with Crippen LogP contribution in [-0.2, 0) is 4.74 Å². The fraction of sp³-hybridized carbons (Fsp3) is 0.867. The molecule has 0 unspecified atom stereocenters. The maximum Gasteiger partial charge on any atom is 0.0594 e. The molecule has 0 aliphatic carbocycles. The highest BCUT2D eigenvalue weighted by Crippen LogP contribution is 2.19. The van der Waals surface area contributed by atoms with E-state index in [-0.39, 0.29) is 0 Å². The zero-order chi connectivity index (χ0) is 13.0. The van der Waals surface area contributed by atoms with Crippen LogP contribution < -0.4 is 0 Å². The van der Waals surface area contributed by atoms with Crippen molar-refractivity contribution in [2.24, 2.45) is 5.92 Å². The van der Waals surface area contributed by atoms with Gasteiger partial charge in [0.1, 0.15) is 0 Å². The van der Waals surface area contributed by atoms with E-state index < -0.39 is 0 Å². The van der Waals surface area contributed by atoms with Crippen molar-refractivity contribution in [3.05, 3.63) is 11.6 Å². The molecule has 0 N–H and O–H groups in total. The van der Waals surface area contributed by atoms with Crippen molar-refractivity contribution in [2.45, 2.75) is 33.2 Å². The van der Waals surface area contributed by atoms with E-state index in [1.165, 1.54) is 19.5 Å². The second-order valence-corrected chi connectivity index (χ2v) is 5.94. The Labute approximate surface area is 112 Å². The third-order valence-electron chi connectivity index (χ3n) is 4.26. The van der Waals surface area contributed by atoms with Gasteiger partial charge in [0, 0.05) is 38.8 Å². The van der Waals surface area contributed by atoms with Gasteiger partial charge in [0.2, 0.25) is 0 Å². The molecule has 0 radical (unpaired) electrons. The maximum absolute atomic E-state index is 5.42. The predicted octanol–water partition coefficient (Wildman–Crippen LogP) is 2.00. The molecule has 1 atom stereocenters. The summed E-state index contributed by atoms with van der Waals surface area (Å²) in [6, 6.07) is 0.655. The number of nitrogens with zero attached hydrogens (tertiary/aromatic N) is 2. The molecule has 2 aliphatic heterocycles. The smallest absolute Gasteiger partial charge is 0.0594 e. The highest BCUT2D eigenvalue weighted by atomic mass is 16.5.